The van der Waals surface area contributed by atoms with Crippen LogP contribution in [0.4, 0.5) is 0 Å². The van der Waals surface area contributed by atoms with Gasteiger partial charge in [0.2, 0.25) is 0 Å². The van der Waals surface area contributed by atoms with E-state index in [-0.39, 0.29) is 0 Å². The van der Waals surface area contributed by atoms with E-state index in [0.29, 0.717) is 0 Å². The van der Waals surface area contributed by atoms with Crippen molar-refractivity contribution in [1.29, 1.82) is 0 Å². The predicted octanol–water partition coefficient (Wildman–Crippen LogP) is 3.66. The highest BCUT2D eigenvalue weighted by Crippen LogP contribution is 2.20. The standard InChI is InChI=1S/C12H18N2S2/c1-2-16-8-11-13-10-7-5-3-4-6-9(10)12(15)14-11/h2-8H2,1H3,(H,13,14,15). The molecule has 1 N–H and O–H groups in total. The van der Waals surface area contributed by atoms with Gasteiger partial charge in [0.05, 0.1) is 5.75 Å². The van der Waals surface area contributed by atoms with Crippen molar-refractivity contribution in [1.82, 2.24) is 9.97 Å². The molecule has 0 aliphatic heterocycles. The molecule has 88 valence electrons. The number of nitrogens with zero attached hydrogens (tertiary/aromatic N) is 1. The summed E-state index contributed by atoms with van der Waals surface area (Å²) in [6, 6.07) is 0. The summed E-state index contributed by atoms with van der Waals surface area (Å²) in [6.45, 7) is 2.17. The third kappa shape index (κ3) is 2.86. The van der Waals surface area contributed by atoms with Crippen LogP contribution < -0.4 is 0 Å². The average molecular weight is 254 g/mol. The monoisotopic (exact) mass is 254 g/mol. The fraction of sp³-hybridized carbons (Fsp3) is 0.667. The second kappa shape index (κ2) is 5.82. The van der Waals surface area contributed by atoms with Gasteiger partial charge in [0.25, 0.3) is 0 Å². The smallest absolute Gasteiger partial charge is 0.133 e. The molecule has 0 bridgehead atoms. The lowest BCUT2D eigenvalue weighted by Gasteiger charge is -2.08. The molecule has 1 aliphatic carbocycles. The zero-order valence-electron chi connectivity index (χ0n) is 9.71. The first kappa shape index (κ1) is 12.1. The maximum atomic E-state index is 5.40. The van der Waals surface area contributed by atoms with Crippen LogP contribution in [0.15, 0.2) is 0 Å². The minimum Gasteiger partial charge on any atom is -0.346 e. The first-order valence-electron chi connectivity index (χ1n) is 6.00. The molecule has 1 heterocycles. The van der Waals surface area contributed by atoms with Gasteiger partial charge in [-0.1, -0.05) is 25.6 Å². The van der Waals surface area contributed by atoms with E-state index in [1.807, 2.05) is 11.8 Å². The molecule has 0 amide bonds. The fourth-order valence-corrected chi connectivity index (χ4v) is 2.98. The summed E-state index contributed by atoms with van der Waals surface area (Å²) in [5, 5.41) is 0. The highest BCUT2D eigenvalue weighted by Gasteiger charge is 2.11. The van der Waals surface area contributed by atoms with Crippen LogP contribution in [0.2, 0.25) is 0 Å². The molecule has 1 aromatic rings. The molecule has 2 rings (SSSR count). The second-order valence-corrected chi connectivity index (χ2v) is 5.80. The maximum Gasteiger partial charge on any atom is 0.133 e. The van der Waals surface area contributed by atoms with Crippen molar-refractivity contribution in [3.63, 3.8) is 0 Å². The van der Waals surface area contributed by atoms with E-state index in [4.69, 9.17) is 12.2 Å². The third-order valence-corrected chi connectivity index (χ3v) is 4.17. The second-order valence-electron chi connectivity index (χ2n) is 4.14. The van der Waals surface area contributed by atoms with E-state index in [0.717, 1.165) is 34.8 Å². The van der Waals surface area contributed by atoms with E-state index >= 15 is 0 Å². The first-order valence-corrected chi connectivity index (χ1v) is 7.56. The molecule has 0 spiro atoms. The Balaban J connectivity index is 2.28. The number of aromatic amines is 1. The van der Waals surface area contributed by atoms with Crippen LogP contribution >= 0.6 is 24.0 Å². The van der Waals surface area contributed by atoms with Crippen molar-refractivity contribution in [3.8, 4) is 0 Å². The highest BCUT2D eigenvalue weighted by atomic mass is 32.2. The van der Waals surface area contributed by atoms with Crippen LogP contribution in [0.3, 0.4) is 0 Å². The van der Waals surface area contributed by atoms with Crippen LogP contribution in [-0.2, 0) is 18.6 Å². The number of fused-ring (bicyclic) bond motifs is 1. The zero-order chi connectivity index (χ0) is 11.4. The minimum absolute atomic E-state index is 0.836. The Kier molecular flexibility index (Phi) is 4.41. The van der Waals surface area contributed by atoms with Gasteiger partial charge in [0, 0.05) is 11.3 Å². The van der Waals surface area contributed by atoms with Gasteiger partial charge in [-0.15, -0.1) is 0 Å². The van der Waals surface area contributed by atoms with Crippen LogP contribution in [0.1, 0.15) is 43.3 Å². The molecule has 0 aromatic carbocycles. The topological polar surface area (TPSA) is 28.7 Å². The van der Waals surface area contributed by atoms with Gasteiger partial charge in [-0.2, -0.15) is 11.8 Å². The Morgan fingerprint density at radius 1 is 1.31 bits per heavy atom. The van der Waals surface area contributed by atoms with Gasteiger partial charge in [0.1, 0.15) is 10.5 Å². The van der Waals surface area contributed by atoms with Gasteiger partial charge < -0.3 is 4.98 Å². The highest BCUT2D eigenvalue weighted by molar-refractivity contribution is 7.98. The number of H-pyrrole nitrogens is 1. The van der Waals surface area contributed by atoms with Crippen LogP contribution in [0.25, 0.3) is 0 Å². The van der Waals surface area contributed by atoms with Gasteiger partial charge in [-0.25, -0.2) is 4.98 Å². The molecule has 0 unspecified atom stereocenters. The molecule has 0 saturated carbocycles. The number of aromatic nitrogens is 2. The Labute approximate surface area is 106 Å². The SMILES string of the molecule is CCSCc1nc(=S)c2c([nH]1)CCCCC2. The van der Waals surface area contributed by atoms with Crippen molar-refractivity contribution in [2.24, 2.45) is 0 Å². The van der Waals surface area contributed by atoms with Gasteiger partial charge in [0.15, 0.2) is 0 Å². The predicted molar refractivity (Wildman–Crippen MR) is 72.5 cm³/mol. The van der Waals surface area contributed by atoms with Crippen molar-refractivity contribution in [3.05, 3.63) is 21.7 Å². The average Bonchev–Trinajstić information content (AvgIpc) is 2.51. The summed E-state index contributed by atoms with van der Waals surface area (Å²) >= 11 is 7.28. The van der Waals surface area contributed by atoms with Gasteiger partial charge >= 0.3 is 0 Å². The van der Waals surface area contributed by atoms with Crippen LogP contribution in [0, 0.1) is 4.64 Å². The summed E-state index contributed by atoms with van der Waals surface area (Å²) in [5.41, 5.74) is 2.65. The molecule has 0 atom stereocenters. The quantitative estimate of drug-likeness (QED) is 0.659. The van der Waals surface area contributed by atoms with Crippen molar-refractivity contribution in [2.75, 3.05) is 5.75 Å². The summed E-state index contributed by atoms with van der Waals surface area (Å²) in [4.78, 5) is 7.99. The molecule has 2 nitrogen and oxygen atoms in total. The zero-order valence-corrected chi connectivity index (χ0v) is 11.3. The first-order chi connectivity index (χ1) is 7.81. The lowest BCUT2D eigenvalue weighted by molar-refractivity contribution is 0.708. The van der Waals surface area contributed by atoms with Crippen molar-refractivity contribution < 1.29 is 0 Å². The van der Waals surface area contributed by atoms with Crippen LogP contribution in [0.5, 0.6) is 0 Å². The summed E-state index contributed by atoms with van der Waals surface area (Å²) in [5.74, 6) is 3.13. The number of nitrogens with one attached hydrogen (secondary N) is 1. The summed E-state index contributed by atoms with van der Waals surface area (Å²) in [7, 11) is 0. The Hall–Kier alpha value is -0.350. The molecule has 0 fully saturated rings. The molecular formula is C12H18N2S2. The Bertz CT molecular complexity index is 412. The Morgan fingerprint density at radius 2 is 2.12 bits per heavy atom. The lowest BCUT2D eigenvalue weighted by Crippen LogP contribution is -2.04. The molecule has 16 heavy (non-hydrogen) atoms. The molecule has 1 aliphatic rings. The van der Waals surface area contributed by atoms with E-state index in [1.165, 1.54) is 30.5 Å². The van der Waals surface area contributed by atoms with E-state index < -0.39 is 0 Å². The number of aryl methyl sites for hydroxylation is 1. The van der Waals surface area contributed by atoms with E-state index in [1.54, 1.807) is 0 Å². The van der Waals surface area contributed by atoms with E-state index in [2.05, 4.69) is 16.9 Å². The molecular weight excluding hydrogens is 236 g/mol. The molecule has 0 saturated heterocycles. The van der Waals surface area contributed by atoms with E-state index in [9.17, 15) is 0 Å². The summed E-state index contributed by atoms with van der Waals surface area (Å²) in [6.07, 6.45) is 6.11. The lowest BCUT2D eigenvalue weighted by atomic mass is 10.1. The largest absolute Gasteiger partial charge is 0.346 e. The maximum absolute atomic E-state index is 5.40. The van der Waals surface area contributed by atoms with Gasteiger partial charge in [-0.05, 0) is 31.4 Å². The third-order valence-electron chi connectivity index (χ3n) is 2.95. The van der Waals surface area contributed by atoms with Crippen molar-refractivity contribution in [2.45, 2.75) is 44.8 Å². The van der Waals surface area contributed by atoms with Gasteiger partial charge in [-0.3, -0.25) is 0 Å². The van der Waals surface area contributed by atoms with Crippen LogP contribution in [-0.4, -0.2) is 15.7 Å². The summed E-state index contributed by atoms with van der Waals surface area (Å²) < 4.78 is 0.836. The fourth-order valence-electron chi connectivity index (χ4n) is 2.12. The minimum atomic E-state index is 0.836. The Morgan fingerprint density at radius 3 is 2.94 bits per heavy atom. The van der Waals surface area contributed by atoms with Crippen molar-refractivity contribution >= 4 is 24.0 Å². The molecule has 1 aromatic heterocycles. The number of thioether (sulfide) groups is 1. The number of hydrogen-bond donors (Lipinski definition) is 1. The normalized spacial score (nSPS) is 15.6. The number of hydrogen-bond acceptors (Lipinski definition) is 3. The molecule has 4 heteroatoms. The molecule has 0 radical (unpaired) electrons. The number of rotatable bonds is 3.